The quantitative estimate of drug-likeness (QED) is 0.498. The van der Waals surface area contributed by atoms with Crippen molar-refractivity contribution in [1.82, 2.24) is 0 Å². The lowest BCUT2D eigenvalue weighted by Gasteiger charge is -2.14. The number of esters is 1. The lowest BCUT2D eigenvalue weighted by molar-refractivity contribution is -0.142. The summed E-state index contributed by atoms with van der Waals surface area (Å²) < 4.78 is 4.78. The van der Waals surface area contributed by atoms with Crippen molar-refractivity contribution in [2.45, 2.75) is 24.2 Å². The summed E-state index contributed by atoms with van der Waals surface area (Å²) in [5, 5.41) is 0. The standard InChI is InChI=1S/C12H17NO2S/c1-4-9(12(14)15-2)8-5-6-10(13)11(7-8)16-3/h5-7,9H,4,13H2,1-3H3. The Hall–Kier alpha value is -1.16. The third kappa shape index (κ3) is 2.70. The van der Waals surface area contributed by atoms with Crippen LogP contribution in [-0.4, -0.2) is 19.3 Å². The summed E-state index contributed by atoms with van der Waals surface area (Å²) in [4.78, 5) is 12.6. The van der Waals surface area contributed by atoms with Crippen molar-refractivity contribution in [3.63, 3.8) is 0 Å². The van der Waals surface area contributed by atoms with Crippen molar-refractivity contribution in [1.29, 1.82) is 0 Å². The molecule has 3 nitrogen and oxygen atoms in total. The zero-order valence-corrected chi connectivity index (χ0v) is 10.6. The molecular weight excluding hydrogens is 222 g/mol. The Morgan fingerprint density at radius 1 is 1.56 bits per heavy atom. The number of carbonyl (C=O) groups is 1. The van der Waals surface area contributed by atoms with Gasteiger partial charge in [0.05, 0.1) is 13.0 Å². The van der Waals surface area contributed by atoms with E-state index in [1.807, 2.05) is 31.4 Å². The van der Waals surface area contributed by atoms with Crippen LogP contribution in [0.5, 0.6) is 0 Å². The van der Waals surface area contributed by atoms with Crippen molar-refractivity contribution in [3.8, 4) is 0 Å². The first-order valence-corrected chi connectivity index (χ1v) is 6.37. The maximum Gasteiger partial charge on any atom is 0.313 e. The molecule has 1 aromatic carbocycles. The van der Waals surface area contributed by atoms with Gasteiger partial charge in [0, 0.05) is 10.6 Å². The van der Waals surface area contributed by atoms with E-state index < -0.39 is 0 Å². The minimum atomic E-state index is -0.198. The Morgan fingerprint density at radius 2 is 2.25 bits per heavy atom. The highest BCUT2D eigenvalue weighted by Crippen LogP contribution is 2.29. The van der Waals surface area contributed by atoms with E-state index in [1.54, 1.807) is 11.8 Å². The summed E-state index contributed by atoms with van der Waals surface area (Å²) in [6, 6.07) is 5.69. The first-order chi connectivity index (χ1) is 7.63. The van der Waals surface area contributed by atoms with Crippen LogP contribution in [0.4, 0.5) is 5.69 Å². The lowest BCUT2D eigenvalue weighted by atomic mass is 9.96. The second-order valence-electron chi connectivity index (χ2n) is 3.49. The average molecular weight is 239 g/mol. The fourth-order valence-electron chi connectivity index (χ4n) is 1.63. The number of thioether (sulfide) groups is 1. The van der Waals surface area contributed by atoms with Crippen molar-refractivity contribution in [2.75, 3.05) is 19.1 Å². The molecule has 0 saturated carbocycles. The van der Waals surface area contributed by atoms with Crippen molar-refractivity contribution in [2.24, 2.45) is 0 Å². The molecule has 0 spiro atoms. The number of rotatable bonds is 4. The normalized spacial score (nSPS) is 12.2. The summed E-state index contributed by atoms with van der Waals surface area (Å²) in [7, 11) is 1.41. The molecule has 0 bridgehead atoms. The number of hydrogen-bond donors (Lipinski definition) is 1. The number of carbonyl (C=O) groups excluding carboxylic acids is 1. The third-order valence-corrected chi connectivity index (χ3v) is 3.35. The molecule has 2 N–H and O–H groups in total. The molecule has 0 aliphatic rings. The highest BCUT2D eigenvalue weighted by atomic mass is 32.2. The van der Waals surface area contributed by atoms with Gasteiger partial charge >= 0.3 is 5.97 Å². The van der Waals surface area contributed by atoms with E-state index in [9.17, 15) is 4.79 Å². The predicted molar refractivity (Wildman–Crippen MR) is 67.7 cm³/mol. The molecule has 0 saturated heterocycles. The first kappa shape index (κ1) is 12.9. The Bertz CT molecular complexity index is 379. The summed E-state index contributed by atoms with van der Waals surface area (Å²) in [5.74, 6) is -0.393. The smallest absolute Gasteiger partial charge is 0.313 e. The molecular formula is C12H17NO2S. The Morgan fingerprint density at radius 3 is 2.75 bits per heavy atom. The first-order valence-electron chi connectivity index (χ1n) is 5.15. The van der Waals surface area contributed by atoms with Gasteiger partial charge in [0.15, 0.2) is 0 Å². The topological polar surface area (TPSA) is 52.3 Å². The van der Waals surface area contributed by atoms with Crippen LogP contribution in [0.2, 0.25) is 0 Å². The van der Waals surface area contributed by atoms with Gasteiger partial charge in [0.25, 0.3) is 0 Å². The Balaban J connectivity index is 3.06. The average Bonchev–Trinajstić information content (AvgIpc) is 2.31. The molecule has 1 rings (SSSR count). The number of nitrogens with two attached hydrogens (primary N) is 1. The van der Waals surface area contributed by atoms with E-state index in [2.05, 4.69) is 0 Å². The van der Waals surface area contributed by atoms with Gasteiger partial charge in [-0.05, 0) is 30.4 Å². The molecule has 0 heterocycles. The second kappa shape index (κ2) is 5.80. The maximum absolute atomic E-state index is 11.6. The second-order valence-corrected chi connectivity index (χ2v) is 4.33. The van der Waals surface area contributed by atoms with Crippen LogP contribution in [0.3, 0.4) is 0 Å². The number of nitrogen functional groups attached to an aromatic ring is 1. The van der Waals surface area contributed by atoms with Crippen LogP contribution in [0, 0.1) is 0 Å². The number of anilines is 1. The van der Waals surface area contributed by atoms with E-state index >= 15 is 0 Å². The Kier molecular flexibility index (Phi) is 4.68. The number of benzene rings is 1. The highest BCUT2D eigenvalue weighted by Gasteiger charge is 2.19. The van der Waals surface area contributed by atoms with E-state index in [0.717, 1.165) is 22.6 Å². The molecule has 1 unspecified atom stereocenters. The minimum Gasteiger partial charge on any atom is -0.469 e. The molecule has 0 aliphatic heterocycles. The van der Waals surface area contributed by atoms with Crippen molar-refractivity contribution < 1.29 is 9.53 Å². The van der Waals surface area contributed by atoms with Gasteiger partial charge in [-0.3, -0.25) is 4.79 Å². The molecule has 1 aromatic rings. The monoisotopic (exact) mass is 239 g/mol. The molecule has 0 aliphatic carbocycles. The Labute approximate surface area is 100 Å². The third-order valence-electron chi connectivity index (χ3n) is 2.55. The molecule has 0 fully saturated rings. The van der Waals surface area contributed by atoms with Crippen LogP contribution in [0.15, 0.2) is 23.1 Å². The van der Waals surface area contributed by atoms with E-state index in [1.165, 1.54) is 7.11 Å². The summed E-state index contributed by atoms with van der Waals surface area (Å²) in [5.41, 5.74) is 7.53. The summed E-state index contributed by atoms with van der Waals surface area (Å²) in [6.45, 7) is 1.97. The predicted octanol–water partition coefficient (Wildman–Crippen LogP) is 2.66. The van der Waals surface area contributed by atoms with Crippen LogP contribution < -0.4 is 5.73 Å². The summed E-state index contributed by atoms with van der Waals surface area (Å²) >= 11 is 1.58. The summed E-state index contributed by atoms with van der Waals surface area (Å²) in [6.07, 6.45) is 2.69. The van der Waals surface area contributed by atoms with Crippen LogP contribution in [-0.2, 0) is 9.53 Å². The van der Waals surface area contributed by atoms with Gasteiger partial charge in [0.1, 0.15) is 0 Å². The molecule has 0 radical (unpaired) electrons. The molecule has 4 heteroatoms. The van der Waals surface area contributed by atoms with Crippen LogP contribution in [0.25, 0.3) is 0 Å². The van der Waals surface area contributed by atoms with Gasteiger partial charge in [-0.25, -0.2) is 0 Å². The van der Waals surface area contributed by atoms with Gasteiger partial charge < -0.3 is 10.5 Å². The molecule has 0 aromatic heterocycles. The van der Waals surface area contributed by atoms with Crippen molar-refractivity contribution in [3.05, 3.63) is 23.8 Å². The largest absolute Gasteiger partial charge is 0.469 e. The number of hydrogen-bond acceptors (Lipinski definition) is 4. The SMILES string of the molecule is CCC(C(=O)OC)c1ccc(N)c(SC)c1. The van der Waals surface area contributed by atoms with Crippen LogP contribution >= 0.6 is 11.8 Å². The maximum atomic E-state index is 11.6. The lowest BCUT2D eigenvalue weighted by Crippen LogP contribution is -2.13. The van der Waals surface area contributed by atoms with E-state index in [-0.39, 0.29) is 11.9 Å². The minimum absolute atomic E-state index is 0.195. The van der Waals surface area contributed by atoms with Gasteiger partial charge in [-0.15, -0.1) is 11.8 Å². The zero-order valence-electron chi connectivity index (χ0n) is 9.82. The zero-order chi connectivity index (χ0) is 12.1. The number of ether oxygens (including phenoxy) is 1. The van der Waals surface area contributed by atoms with Gasteiger partial charge in [-0.2, -0.15) is 0 Å². The molecule has 16 heavy (non-hydrogen) atoms. The van der Waals surface area contributed by atoms with Gasteiger partial charge in [-0.1, -0.05) is 13.0 Å². The molecule has 88 valence electrons. The molecule has 1 atom stereocenters. The molecule has 0 amide bonds. The highest BCUT2D eigenvalue weighted by molar-refractivity contribution is 7.98. The fourth-order valence-corrected chi connectivity index (χ4v) is 2.18. The fraction of sp³-hybridized carbons (Fsp3) is 0.417. The van der Waals surface area contributed by atoms with Crippen molar-refractivity contribution >= 4 is 23.4 Å². The van der Waals surface area contributed by atoms with E-state index in [4.69, 9.17) is 10.5 Å². The van der Waals surface area contributed by atoms with Gasteiger partial charge in [0.2, 0.25) is 0 Å². The number of methoxy groups -OCH3 is 1. The van der Waals surface area contributed by atoms with E-state index in [0.29, 0.717) is 0 Å². The van der Waals surface area contributed by atoms with Crippen LogP contribution in [0.1, 0.15) is 24.8 Å².